The van der Waals surface area contributed by atoms with Crippen molar-refractivity contribution in [2.75, 3.05) is 18.4 Å². The third-order valence-corrected chi connectivity index (χ3v) is 5.82. The summed E-state index contributed by atoms with van der Waals surface area (Å²) >= 11 is 5.75. The molecule has 1 fully saturated rings. The number of hydrogen-bond acceptors (Lipinski definition) is 3. The first-order valence-corrected chi connectivity index (χ1v) is 9.94. The molecular formula is C23H20N4S. The van der Waals surface area contributed by atoms with Crippen molar-refractivity contribution in [1.82, 2.24) is 14.9 Å². The maximum Gasteiger partial charge on any atom is 0.173 e. The number of benzene rings is 2. The van der Waals surface area contributed by atoms with Gasteiger partial charge < -0.3 is 10.2 Å². The van der Waals surface area contributed by atoms with Gasteiger partial charge in [-0.05, 0) is 42.4 Å². The van der Waals surface area contributed by atoms with Crippen LogP contribution in [0.15, 0.2) is 73.1 Å². The van der Waals surface area contributed by atoms with Crippen molar-refractivity contribution < 1.29 is 0 Å². The quantitative estimate of drug-likeness (QED) is 0.390. The highest BCUT2D eigenvalue weighted by atomic mass is 32.1. The van der Waals surface area contributed by atoms with Crippen LogP contribution in [0, 0.1) is 0 Å². The first kappa shape index (κ1) is 17.1. The fraction of sp³-hybridized carbons (Fsp3) is 0.174. The molecule has 2 aromatic carbocycles. The van der Waals surface area contributed by atoms with E-state index in [0.29, 0.717) is 5.92 Å². The Bertz CT molecular complexity index is 1160. The van der Waals surface area contributed by atoms with Gasteiger partial charge in [-0.15, -0.1) is 0 Å². The molecular weight excluding hydrogens is 364 g/mol. The molecule has 1 aliphatic heterocycles. The molecule has 1 aliphatic rings. The van der Waals surface area contributed by atoms with Crippen molar-refractivity contribution in [2.24, 2.45) is 0 Å². The molecule has 0 radical (unpaired) electrons. The number of likely N-dealkylation sites (tertiary alicyclic amines) is 1. The van der Waals surface area contributed by atoms with E-state index < -0.39 is 0 Å². The van der Waals surface area contributed by atoms with Crippen molar-refractivity contribution in [2.45, 2.75) is 12.3 Å². The lowest BCUT2D eigenvalue weighted by molar-refractivity contribution is 0.519. The number of fused-ring (bicyclic) bond motifs is 3. The summed E-state index contributed by atoms with van der Waals surface area (Å²) in [5, 5.41) is 6.39. The van der Waals surface area contributed by atoms with Crippen LogP contribution in [-0.4, -0.2) is 33.1 Å². The van der Waals surface area contributed by atoms with Crippen LogP contribution in [0.25, 0.3) is 21.8 Å². The minimum Gasteiger partial charge on any atom is -0.348 e. The molecule has 0 bridgehead atoms. The molecule has 1 saturated heterocycles. The second kappa shape index (κ2) is 7.17. The molecule has 3 heterocycles. The van der Waals surface area contributed by atoms with Gasteiger partial charge >= 0.3 is 0 Å². The molecule has 138 valence electrons. The number of pyridine rings is 2. The molecule has 0 saturated carbocycles. The van der Waals surface area contributed by atoms with Gasteiger partial charge in [0.05, 0.1) is 16.7 Å². The summed E-state index contributed by atoms with van der Waals surface area (Å²) in [4.78, 5) is 11.4. The lowest BCUT2D eigenvalue weighted by Crippen LogP contribution is -2.32. The minimum absolute atomic E-state index is 0.522. The van der Waals surface area contributed by atoms with E-state index in [9.17, 15) is 0 Å². The summed E-state index contributed by atoms with van der Waals surface area (Å²) in [5.74, 6) is 0.522. The molecule has 5 heteroatoms. The Hall–Kier alpha value is -3.05. The Labute approximate surface area is 169 Å². The first-order chi connectivity index (χ1) is 13.8. The average Bonchev–Trinajstić information content (AvgIpc) is 3.25. The zero-order chi connectivity index (χ0) is 18.9. The highest BCUT2D eigenvalue weighted by Gasteiger charge is 2.25. The number of hydrogen-bond donors (Lipinski definition) is 1. The number of anilines is 1. The van der Waals surface area contributed by atoms with E-state index in [4.69, 9.17) is 12.2 Å². The van der Waals surface area contributed by atoms with Gasteiger partial charge in [0.2, 0.25) is 0 Å². The highest BCUT2D eigenvalue weighted by molar-refractivity contribution is 7.80. The Morgan fingerprint density at radius 2 is 1.75 bits per heavy atom. The van der Waals surface area contributed by atoms with Gasteiger partial charge in [0, 0.05) is 42.2 Å². The second-order valence-electron chi connectivity index (χ2n) is 7.17. The standard InChI is InChI=1S/C23H20N4S/c28-23(27-13-10-17(15-27)16-6-2-1-3-7-16)26-21-14-20-18(8-4-11-24-20)19-9-5-12-25-22(19)21/h1-9,11-12,14,17H,10,13,15H2,(H,26,28)/t17-/m0/s1. The third kappa shape index (κ3) is 3.08. The molecule has 0 spiro atoms. The topological polar surface area (TPSA) is 41.1 Å². The summed E-state index contributed by atoms with van der Waals surface area (Å²) in [6, 6.07) is 20.8. The Morgan fingerprint density at radius 1 is 0.964 bits per heavy atom. The van der Waals surface area contributed by atoms with Crippen LogP contribution in [-0.2, 0) is 0 Å². The van der Waals surface area contributed by atoms with Crippen LogP contribution in [0.5, 0.6) is 0 Å². The van der Waals surface area contributed by atoms with E-state index in [2.05, 4.69) is 62.6 Å². The monoisotopic (exact) mass is 384 g/mol. The molecule has 5 rings (SSSR count). The molecule has 28 heavy (non-hydrogen) atoms. The summed E-state index contributed by atoms with van der Waals surface area (Å²) in [7, 11) is 0. The normalized spacial score (nSPS) is 16.6. The highest BCUT2D eigenvalue weighted by Crippen LogP contribution is 2.31. The van der Waals surface area contributed by atoms with E-state index in [-0.39, 0.29) is 0 Å². The van der Waals surface area contributed by atoms with Crippen LogP contribution >= 0.6 is 12.2 Å². The predicted molar refractivity (Wildman–Crippen MR) is 119 cm³/mol. The van der Waals surface area contributed by atoms with E-state index in [1.807, 2.05) is 30.6 Å². The fourth-order valence-corrected chi connectivity index (χ4v) is 4.31. The van der Waals surface area contributed by atoms with Gasteiger partial charge in [-0.2, -0.15) is 0 Å². The van der Waals surface area contributed by atoms with Gasteiger partial charge in [-0.3, -0.25) is 9.97 Å². The van der Waals surface area contributed by atoms with E-state index >= 15 is 0 Å². The second-order valence-corrected chi connectivity index (χ2v) is 7.55. The summed E-state index contributed by atoms with van der Waals surface area (Å²) in [6.45, 7) is 1.90. The van der Waals surface area contributed by atoms with Crippen LogP contribution in [0.4, 0.5) is 5.69 Å². The van der Waals surface area contributed by atoms with Gasteiger partial charge in [0.15, 0.2) is 5.11 Å². The van der Waals surface area contributed by atoms with E-state index in [1.165, 1.54) is 5.56 Å². The minimum atomic E-state index is 0.522. The number of rotatable bonds is 2. The van der Waals surface area contributed by atoms with E-state index in [1.54, 1.807) is 0 Å². The van der Waals surface area contributed by atoms with Crippen molar-refractivity contribution in [1.29, 1.82) is 0 Å². The van der Waals surface area contributed by atoms with Gasteiger partial charge in [0.1, 0.15) is 0 Å². The van der Waals surface area contributed by atoms with Gasteiger partial charge in [-0.25, -0.2) is 0 Å². The van der Waals surface area contributed by atoms with Crippen LogP contribution in [0.2, 0.25) is 0 Å². The molecule has 2 aromatic heterocycles. The van der Waals surface area contributed by atoms with Crippen molar-refractivity contribution in [3.05, 3.63) is 78.6 Å². The summed E-state index contributed by atoms with van der Waals surface area (Å²) < 4.78 is 0. The predicted octanol–water partition coefficient (Wildman–Crippen LogP) is 4.97. The smallest absolute Gasteiger partial charge is 0.173 e. The largest absolute Gasteiger partial charge is 0.348 e. The Morgan fingerprint density at radius 3 is 2.61 bits per heavy atom. The summed E-state index contributed by atoms with van der Waals surface area (Å²) in [6.07, 6.45) is 4.75. The number of thiocarbonyl (C=S) groups is 1. The maximum atomic E-state index is 5.75. The van der Waals surface area contributed by atoms with Crippen LogP contribution in [0.1, 0.15) is 17.9 Å². The van der Waals surface area contributed by atoms with E-state index in [0.717, 1.165) is 52.1 Å². The lowest BCUT2D eigenvalue weighted by atomic mass is 9.99. The zero-order valence-corrected chi connectivity index (χ0v) is 16.2. The molecule has 1 atom stereocenters. The Kier molecular flexibility index (Phi) is 4.37. The maximum absolute atomic E-state index is 5.75. The number of nitrogens with one attached hydrogen (secondary N) is 1. The van der Waals surface area contributed by atoms with Crippen molar-refractivity contribution >= 4 is 44.8 Å². The van der Waals surface area contributed by atoms with Crippen molar-refractivity contribution in [3.63, 3.8) is 0 Å². The van der Waals surface area contributed by atoms with Crippen molar-refractivity contribution in [3.8, 4) is 0 Å². The molecule has 1 N–H and O–H groups in total. The molecule has 0 amide bonds. The lowest BCUT2D eigenvalue weighted by Gasteiger charge is -2.21. The van der Waals surface area contributed by atoms with Gasteiger partial charge in [-0.1, -0.05) is 42.5 Å². The van der Waals surface area contributed by atoms with Crippen LogP contribution in [0.3, 0.4) is 0 Å². The molecule has 4 nitrogen and oxygen atoms in total. The zero-order valence-electron chi connectivity index (χ0n) is 15.4. The molecule has 4 aromatic rings. The number of aromatic nitrogens is 2. The third-order valence-electron chi connectivity index (χ3n) is 5.46. The Balaban J connectivity index is 1.43. The fourth-order valence-electron chi connectivity index (χ4n) is 4.03. The summed E-state index contributed by atoms with van der Waals surface area (Å²) in [5.41, 5.74) is 4.16. The first-order valence-electron chi connectivity index (χ1n) is 9.53. The SMILES string of the molecule is S=C(Nc1cc2ncccc2c2cccnc12)N1CC[C@H](c2ccccc2)C1. The average molecular weight is 385 g/mol. The van der Waals surface area contributed by atoms with Gasteiger partial charge in [0.25, 0.3) is 0 Å². The number of nitrogens with zero attached hydrogens (tertiary/aromatic N) is 3. The molecule has 0 unspecified atom stereocenters. The molecule has 0 aliphatic carbocycles. The van der Waals surface area contributed by atoms with Crippen LogP contribution < -0.4 is 5.32 Å².